The normalized spacial score (nSPS) is 13.7. The summed E-state index contributed by atoms with van der Waals surface area (Å²) in [6, 6.07) is 17.1. The summed E-state index contributed by atoms with van der Waals surface area (Å²) in [4.78, 5) is 38.4. The molecule has 4 rings (SSSR count). The number of nitrogens with zero attached hydrogens (tertiary/aromatic N) is 1. The molecule has 0 bridgehead atoms. The van der Waals surface area contributed by atoms with Crippen LogP contribution in [0.1, 0.15) is 40.1 Å². The van der Waals surface area contributed by atoms with E-state index in [1.165, 1.54) is 29.2 Å². The summed E-state index contributed by atoms with van der Waals surface area (Å²) in [6.07, 6.45) is 0. The molecule has 168 valence electrons. The van der Waals surface area contributed by atoms with Crippen molar-refractivity contribution in [1.82, 2.24) is 4.90 Å². The number of hydrogen-bond donors (Lipinski definition) is 2. The van der Waals surface area contributed by atoms with E-state index in [9.17, 15) is 23.9 Å². The van der Waals surface area contributed by atoms with Crippen molar-refractivity contribution in [2.45, 2.75) is 26.4 Å². The van der Waals surface area contributed by atoms with E-state index in [4.69, 9.17) is 0 Å². The van der Waals surface area contributed by atoms with Gasteiger partial charge in [-0.2, -0.15) is 0 Å². The molecular weight excluding hydrogens is 423 g/mol. The van der Waals surface area contributed by atoms with Gasteiger partial charge in [0, 0.05) is 23.4 Å². The molecule has 2 N–H and O–H groups in total. The molecule has 33 heavy (non-hydrogen) atoms. The fourth-order valence-corrected chi connectivity index (χ4v) is 4.06. The summed E-state index contributed by atoms with van der Waals surface area (Å²) < 4.78 is 13.0. The number of anilines is 1. The van der Waals surface area contributed by atoms with Crippen molar-refractivity contribution in [3.8, 4) is 11.1 Å². The Morgan fingerprint density at radius 2 is 1.61 bits per heavy atom. The number of nitrogens with one attached hydrogen (secondary N) is 1. The van der Waals surface area contributed by atoms with E-state index >= 15 is 0 Å². The van der Waals surface area contributed by atoms with Crippen LogP contribution in [0.25, 0.3) is 11.1 Å². The minimum atomic E-state index is -1.01. The van der Waals surface area contributed by atoms with E-state index in [0.29, 0.717) is 16.8 Å². The zero-order valence-corrected chi connectivity index (χ0v) is 18.2. The predicted molar refractivity (Wildman–Crippen MR) is 122 cm³/mol. The van der Waals surface area contributed by atoms with Crippen LogP contribution in [0.5, 0.6) is 0 Å². The SMILES string of the molecule is CC(C)[C@@H](C(=O)O)N1Cc2ccc(-c3ccc(NC(=O)c4ccc(F)cc4)cc3)cc2C1=O. The predicted octanol–water partition coefficient (Wildman–Crippen LogP) is 4.81. The largest absolute Gasteiger partial charge is 0.480 e. The Kier molecular flexibility index (Phi) is 5.96. The maximum absolute atomic E-state index is 13.0. The molecule has 6 nitrogen and oxygen atoms in total. The number of amides is 2. The number of rotatable bonds is 6. The van der Waals surface area contributed by atoms with Gasteiger partial charge in [-0.05, 0) is 65.1 Å². The molecule has 1 aliphatic heterocycles. The highest BCUT2D eigenvalue weighted by molar-refractivity contribution is 6.04. The summed E-state index contributed by atoms with van der Waals surface area (Å²) in [5.74, 6) is -2.25. The summed E-state index contributed by atoms with van der Waals surface area (Å²) in [6.45, 7) is 3.85. The monoisotopic (exact) mass is 446 g/mol. The summed E-state index contributed by atoms with van der Waals surface area (Å²) in [7, 11) is 0. The average molecular weight is 446 g/mol. The van der Waals surface area contributed by atoms with Gasteiger partial charge in [-0.3, -0.25) is 9.59 Å². The second-order valence-corrected chi connectivity index (χ2v) is 8.37. The number of hydrogen-bond acceptors (Lipinski definition) is 3. The number of benzene rings is 3. The molecule has 0 saturated heterocycles. The molecule has 2 amide bonds. The van der Waals surface area contributed by atoms with Crippen molar-refractivity contribution >= 4 is 23.5 Å². The number of fused-ring (bicyclic) bond motifs is 1. The number of carbonyl (C=O) groups excluding carboxylic acids is 2. The lowest BCUT2D eigenvalue weighted by Crippen LogP contribution is -2.44. The minimum absolute atomic E-state index is 0.210. The lowest BCUT2D eigenvalue weighted by Gasteiger charge is -2.27. The highest BCUT2D eigenvalue weighted by Gasteiger charge is 2.38. The van der Waals surface area contributed by atoms with E-state index in [1.807, 2.05) is 24.3 Å². The minimum Gasteiger partial charge on any atom is -0.480 e. The van der Waals surface area contributed by atoms with Gasteiger partial charge in [0.15, 0.2) is 0 Å². The van der Waals surface area contributed by atoms with Gasteiger partial charge in [-0.25, -0.2) is 9.18 Å². The smallest absolute Gasteiger partial charge is 0.326 e. The van der Waals surface area contributed by atoms with Gasteiger partial charge in [0.05, 0.1) is 0 Å². The first kappa shape index (κ1) is 22.2. The van der Waals surface area contributed by atoms with Gasteiger partial charge < -0.3 is 15.3 Å². The molecule has 0 saturated carbocycles. The molecule has 0 radical (unpaired) electrons. The standard InChI is InChI=1S/C26H23FN2O4/c1-15(2)23(26(32)33)29-14-19-4-3-18(13-22(19)25(29)31)16-7-11-21(12-8-16)28-24(30)17-5-9-20(27)10-6-17/h3-13,15,23H,14H2,1-2H3,(H,28,30)(H,32,33)/t23-/m0/s1. The van der Waals surface area contributed by atoms with Crippen molar-refractivity contribution in [3.05, 3.63) is 89.2 Å². The zero-order valence-electron chi connectivity index (χ0n) is 18.2. The van der Waals surface area contributed by atoms with Gasteiger partial charge in [-0.15, -0.1) is 0 Å². The molecule has 0 spiro atoms. The first-order valence-corrected chi connectivity index (χ1v) is 10.6. The molecule has 3 aromatic rings. The molecule has 0 fully saturated rings. The van der Waals surface area contributed by atoms with Gasteiger partial charge in [0.2, 0.25) is 0 Å². The number of carbonyl (C=O) groups is 3. The second kappa shape index (κ2) is 8.86. The topological polar surface area (TPSA) is 86.7 Å². The van der Waals surface area contributed by atoms with Crippen molar-refractivity contribution in [1.29, 1.82) is 0 Å². The van der Waals surface area contributed by atoms with Gasteiger partial charge in [0.1, 0.15) is 11.9 Å². The lowest BCUT2D eigenvalue weighted by atomic mass is 10.00. The Balaban J connectivity index is 1.51. The number of carboxylic acids is 1. The van der Waals surface area contributed by atoms with Crippen LogP contribution >= 0.6 is 0 Å². The van der Waals surface area contributed by atoms with Gasteiger partial charge in [0.25, 0.3) is 11.8 Å². The molecule has 0 aromatic heterocycles. The van der Waals surface area contributed by atoms with E-state index in [1.54, 1.807) is 32.0 Å². The van der Waals surface area contributed by atoms with Gasteiger partial charge >= 0.3 is 5.97 Å². The highest BCUT2D eigenvalue weighted by atomic mass is 19.1. The maximum atomic E-state index is 13.0. The summed E-state index contributed by atoms with van der Waals surface area (Å²) in [5.41, 5.74) is 3.91. The van der Waals surface area contributed by atoms with Crippen molar-refractivity contribution < 1.29 is 23.9 Å². The van der Waals surface area contributed by atoms with Crippen LogP contribution in [-0.2, 0) is 11.3 Å². The fourth-order valence-electron chi connectivity index (χ4n) is 4.06. The fraction of sp³-hybridized carbons (Fsp3) is 0.192. The second-order valence-electron chi connectivity index (χ2n) is 8.37. The van der Waals surface area contributed by atoms with E-state index in [0.717, 1.165) is 16.7 Å². The number of aliphatic carboxylic acids is 1. The summed E-state index contributed by atoms with van der Waals surface area (Å²) in [5, 5.41) is 12.3. The average Bonchev–Trinajstić information content (AvgIpc) is 3.09. The Morgan fingerprint density at radius 1 is 0.970 bits per heavy atom. The first-order chi connectivity index (χ1) is 15.7. The molecular formula is C26H23FN2O4. The van der Waals surface area contributed by atoms with Crippen LogP contribution in [0, 0.1) is 11.7 Å². The highest BCUT2D eigenvalue weighted by Crippen LogP contribution is 2.31. The van der Waals surface area contributed by atoms with E-state index in [-0.39, 0.29) is 24.3 Å². The third kappa shape index (κ3) is 4.48. The third-order valence-corrected chi connectivity index (χ3v) is 5.74. The Bertz CT molecular complexity index is 1220. The van der Waals surface area contributed by atoms with Crippen LogP contribution in [-0.4, -0.2) is 33.8 Å². The third-order valence-electron chi connectivity index (χ3n) is 5.74. The van der Waals surface area contributed by atoms with E-state index in [2.05, 4.69) is 5.32 Å². The lowest BCUT2D eigenvalue weighted by molar-refractivity contribution is -0.144. The van der Waals surface area contributed by atoms with Crippen LogP contribution in [0.3, 0.4) is 0 Å². The van der Waals surface area contributed by atoms with Crippen LogP contribution < -0.4 is 5.32 Å². The molecule has 0 unspecified atom stereocenters. The van der Waals surface area contributed by atoms with Gasteiger partial charge in [-0.1, -0.05) is 38.1 Å². The Hall–Kier alpha value is -4.00. The van der Waals surface area contributed by atoms with E-state index < -0.39 is 17.8 Å². The molecule has 3 aromatic carbocycles. The van der Waals surface area contributed by atoms with Crippen LogP contribution in [0.2, 0.25) is 0 Å². The molecule has 1 aliphatic rings. The first-order valence-electron chi connectivity index (χ1n) is 10.6. The zero-order chi connectivity index (χ0) is 23.7. The number of carboxylic acid groups (broad SMARTS) is 1. The van der Waals surface area contributed by atoms with Crippen molar-refractivity contribution in [3.63, 3.8) is 0 Å². The van der Waals surface area contributed by atoms with Crippen molar-refractivity contribution in [2.75, 3.05) is 5.32 Å². The molecule has 1 atom stereocenters. The molecule has 1 heterocycles. The summed E-state index contributed by atoms with van der Waals surface area (Å²) >= 11 is 0. The van der Waals surface area contributed by atoms with Crippen LogP contribution in [0.4, 0.5) is 10.1 Å². The van der Waals surface area contributed by atoms with Crippen molar-refractivity contribution in [2.24, 2.45) is 5.92 Å². The quantitative estimate of drug-likeness (QED) is 0.569. The Labute approximate surface area is 190 Å². The number of halogens is 1. The van der Waals surface area contributed by atoms with Crippen LogP contribution in [0.15, 0.2) is 66.7 Å². The molecule has 0 aliphatic carbocycles. The molecule has 7 heteroatoms. The maximum Gasteiger partial charge on any atom is 0.326 e. The Morgan fingerprint density at radius 3 is 2.21 bits per heavy atom.